The van der Waals surface area contributed by atoms with E-state index in [1.807, 2.05) is 30.3 Å². The van der Waals surface area contributed by atoms with E-state index in [0.29, 0.717) is 30.9 Å². The summed E-state index contributed by atoms with van der Waals surface area (Å²) in [7, 11) is 0. The molecule has 1 fully saturated rings. The molecule has 6 nitrogen and oxygen atoms in total. The van der Waals surface area contributed by atoms with Gasteiger partial charge in [0.15, 0.2) is 6.61 Å². The quantitative estimate of drug-likeness (QED) is 0.770. The Hall–Kier alpha value is -3.02. The molecule has 0 unspecified atom stereocenters. The van der Waals surface area contributed by atoms with Gasteiger partial charge in [0.25, 0.3) is 5.91 Å². The van der Waals surface area contributed by atoms with E-state index in [9.17, 15) is 9.59 Å². The third-order valence-corrected chi connectivity index (χ3v) is 3.98. The molecule has 1 saturated carbocycles. The number of ether oxygens (including phenoxy) is 2. The van der Waals surface area contributed by atoms with Crippen molar-refractivity contribution in [3.05, 3.63) is 60.2 Å². The number of rotatable bonds is 8. The van der Waals surface area contributed by atoms with E-state index in [2.05, 4.69) is 5.32 Å². The SMILES string of the molecule is O=C(COc1ccc(OCc2ccccc2)cc1)NC1(C(=O)O)CC1. The maximum Gasteiger partial charge on any atom is 0.329 e. The molecule has 0 saturated heterocycles. The Labute approximate surface area is 145 Å². The molecule has 130 valence electrons. The van der Waals surface area contributed by atoms with Crippen LogP contribution < -0.4 is 14.8 Å². The van der Waals surface area contributed by atoms with E-state index >= 15 is 0 Å². The van der Waals surface area contributed by atoms with Crippen molar-refractivity contribution in [1.29, 1.82) is 0 Å². The average Bonchev–Trinajstić information content (AvgIpc) is 3.41. The highest BCUT2D eigenvalue weighted by atomic mass is 16.5. The first-order valence-corrected chi connectivity index (χ1v) is 8.01. The molecule has 1 amide bonds. The molecule has 1 aliphatic carbocycles. The van der Waals surface area contributed by atoms with Gasteiger partial charge in [0.1, 0.15) is 23.6 Å². The highest BCUT2D eigenvalue weighted by molar-refractivity contribution is 5.90. The Kier molecular flexibility index (Phi) is 4.88. The molecule has 0 heterocycles. The molecule has 0 radical (unpaired) electrons. The monoisotopic (exact) mass is 341 g/mol. The molecule has 2 N–H and O–H groups in total. The molecule has 0 atom stereocenters. The van der Waals surface area contributed by atoms with Gasteiger partial charge in [0.2, 0.25) is 0 Å². The summed E-state index contributed by atoms with van der Waals surface area (Å²) in [5.74, 6) is -0.226. The molecule has 2 aromatic carbocycles. The van der Waals surface area contributed by atoms with Gasteiger partial charge in [-0.2, -0.15) is 0 Å². The fourth-order valence-electron chi connectivity index (χ4n) is 2.34. The van der Waals surface area contributed by atoms with Crippen molar-refractivity contribution in [2.24, 2.45) is 0 Å². The van der Waals surface area contributed by atoms with Gasteiger partial charge in [-0.05, 0) is 42.7 Å². The minimum absolute atomic E-state index is 0.223. The third-order valence-electron chi connectivity index (χ3n) is 3.98. The van der Waals surface area contributed by atoms with E-state index in [1.54, 1.807) is 24.3 Å². The van der Waals surface area contributed by atoms with Crippen LogP contribution in [0, 0.1) is 0 Å². The summed E-state index contributed by atoms with van der Waals surface area (Å²) in [5.41, 5.74) is -0.0119. The summed E-state index contributed by atoms with van der Waals surface area (Å²) in [6.45, 7) is 0.250. The summed E-state index contributed by atoms with van der Waals surface area (Å²) >= 11 is 0. The minimum Gasteiger partial charge on any atom is -0.489 e. The first-order valence-electron chi connectivity index (χ1n) is 8.01. The molecule has 1 aliphatic rings. The van der Waals surface area contributed by atoms with Crippen LogP contribution in [0.5, 0.6) is 11.5 Å². The van der Waals surface area contributed by atoms with Crippen molar-refractivity contribution < 1.29 is 24.2 Å². The minimum atomic E-state index is -1.09. The fraction of sp³-hybridized carbons (Fsp3) is 0.263. The molecule has 0 spiro atoms. The largest absolute Gasteiger partial charge is 0.489 e. The number of hydrogen-bond acceptors (Lipinski definition) is 4. The molecular weight excluding hydrogens is 322 g/mol. The zero-order chi connectivity index (χ0) is 17.7. The summed E-state index contributed by atoms with van der Waals surface area (Å²) in [4.78, 5) is 22.8. The standard InChI is InChI=1S/C19H19NO5/c21-17(20-19(10-11-19)18(22)23)13-25-16-8-6-15(7-9-16)24-12-14-4-2-1-3-5-14/h1-9H,10-13H2,(H,20,21)(H,22,23). The second-order valence-corrected chi connectivity index (χ2v) is 5.97. The van der Waals surface area contributed by atoms with E-state index in [4.69, 9.17) is 14.6 Å². The predicted molar refractivity (Wildman–Crippen MR) is 90.5 cm³/mol. The Morgan fingerprint density at radius 3 is 2.12 bits per heavy atom. The van der Waals surface area contributed by atoms with Gasteiger partial charge in [-0.25, -0.2) is 4.79 Å². The zero-order valence-corrected chi connectivity index (χ0v) is 13.6. The summed E-state index contributed by atoms with van der Waals surface area (Å²) < 4.78 is 11.1. The predicted octanol–water partition coefficient (Wildman–Crippen LogP) is 2.38. The Morgan fingerprint density at radius 1 is 0.960 bits per heavy atom. The number of carboxylic acids is 1. The van der Waals surface area contributed by atoms with Crippen LogP contribution >= 0.6 is 0 Å². The number of benzene rings is 2. The molecule has 6 heteroatoms. The van der Waals surface area contributed by atoms with E-state index in [1.165, 1.54) is 0 Å². The third kappa shape index (κ3) is 4.50. The van der Waals surface area contributed by atoms with Gasteiger partial charge in [0.05, 0.1) is 0 Å². The number of carbonyl (C=O) groups excluding carboxylic acids is 1. The van der Waals surface area contributed by atoms with E-state index < -0.39 is 17.4 Å². The Bertz CT molecular complexity index is 738. The van der Waals surface area contributed by atoms with Gasteiger partial charge in [-0.15, -0.1) is 0 Å². The topological polar surface area (TPSA) is 84.9 Å². The Balaban J connectivity index is 1.44. The lowest BCUT2D eigenvalue weighted by Crippen LogP contribution is -2.45. The van der Waals surface area contributed by atoms with Crippen molar-refractivity contribution in [2.45, 2.75) is 25.0 Å². The van der Waals surface area contributed by atoms with Crippen LogP contribution in [0.25, 0.3) is 0 Å². The second-order valence-electron chi connectivity index (χ2n) is 5.97. The van der Waals surface area contributed by atoms with Gasteiger partial charge >= 0.3 is 5.97 Å². The van der Waals surface area contributed by atoms with Gasteiger partial charge in [-0.1, -0.05) is 30.3 Å². The highest BCUT2D eigenvalue weighted by Gasteiger charge is 2.51. The van der Waals surface area contributed by atoms with E-state index in [-0.39, 0.29) is 6.61 Å². The van der Waals surface area contributed by atoms with Gasteiger partial charge in [-0.3, -0.25) is 4.79 Å². The highest BCUT2D eigenvalue weighted by Crippen LogP contribution is 2.35. The number of carbonyl (C=O) groups is 2. The van der Waals surface area contributed by atoms with E-state index in [0.717, 1.165) is 5.56 Å². The van der Waals surface area contributed by atoms with Gasteiger partial charge < -0.3 is 19.9 Å². The smallest absolute Gasteiger partial charge is 0.329 e. The lowest BCUT2D eigenvalue weighted by atomic mass is 10.2. The lowest BCUT2D eigenvalue weighted by molar-refractivity contribution is -0.143. The number of nitrogens with one attached hydrogen (secondary N) is 1. The van der Waals surface area contributed by atoms with Crippen LogP contribution in [0.4, 0.5) is 0 Å². The molecule has 25 heavy (non-hydrogen) atoms. The number of aliphatic carboxylic acids is 1. The molecule has 0 aliphatic heterocycles. The fourth-order valence-corrected chi connectivity index (χ4v) is 2.34. The normalized spacial score (nSPS) is 14.4. The van der Waals surface area contributed by atoms with Crippen LogP contribution in [-0.4, -0.2) is 29.1 Å². The first kappa shape index (κ1) is 16.8. The summed E-state index contributed by atoms with van der Waals surface area (Å²) in [6, 6.07) is 16.8. The van der Waals surface area contributed by atoms with Crippen molar-refractivity contribution >= 4 is 11.9 Å². The van der Waals surface area contributed by atoms with Crippen LogP contribution in [0.1, 0.15) is 18.4 Å². The summed E-state index contributed by atoms with van der Waals surface area (Å²) in [6.07, 6.45) is 0.920. The second kappa shape index (κ2) is 7.25. The van der Waals surface area contributed by atoms with Crippen LogP contribution in [0.3, 0.4) is 0 Å². The number of amides is 1. The number of hydrogen-bond donors (Lipinski definition) is 2. The van der Waals surface area contributed by atoms with Crippen molar-refractivity contribution in [3.63, 3.8) is 0 Å². The maximum absolute atomic E-state index is 11.8. The average molecular weight is 341 g/mol. The van der Waals surface area contributed by atoms with Crippen LogP contribution in [0.15, 0.2) is 54.6 Å². The van der Waals surface area contributed by atoms with Gasteiger partial charge in [0, 0.05) is 0 Å². The lowest BCUT2D eigenvalue weighted by Gasteiger charge is -2.13. The molecule has 0 aromatic heterocycles. The first-order chi connectivity index (χ1) is 12.1. The van der Waals surface area contributed by atoms with Crippen LogP contribution in [-0.2, 0) is 16.2 Å². The number of carboxylic acid groups (broad SMARTS) is 1. The molecule has 3 rings (SSSR count). The molecular formula is C19H19NO5. The zero-order valence-electron chi connectivity index (χ0n) is 13.6. The van der Waals surface area contributed by atoms with Crippen LogP contribution in [0.2, 0.25) is 0 Å². The molecule has 2 aromatic rings. The van der Waals surface area contributed by atoms with Crippen molar-refractivity contribution in [1.82, 2.24) is 5.32 Å². The Morgan fingerprint density at radius 2 is 1.56 bits per heavy atom. The van der Waals surface area contributed by atoms with Crippen molar-refractivity contribution in [2.75, 3.05) is 6.61 Å². The summed E-state index contributed by atoms with van der Waals surface area (Å²) in [5, 5.41) is 11.5. The molecule has 0 bridgehead atoms. The van der Waals surface area contributed by atoms with Crippen molar-refractivity contribution in [3.8, 4) is 11.5 Å². The maximum atomic E-state index is 11.8.